The summed E-state index contributed by atoms with van der Waals surface area (Å²) >= 11 is 6.32. The van der Waals surface area contributed by atoms with E-state index in [1.165, 1.54) is 14.2 Å². The number of hydrogen-bond donors (Lipinski definition) is 1. The van der Waals surface area contributed by atoms with Crippen LogP contribution in [0.4, 0.5) is 5.69 Å². The van der Waals surface area contributed by atoms with Crippen LogP contribution in [0.15, 0.2) is 60.7 Å². The Labute approximate surface area is 197 Å². The third kappa shape index (κ3) is 3.51. The van der Waals surface area contributed by atoms with E-state index in [-0.39, 0.29) is 11.8 Å². The van der Waals surface area contributed by atoms with Gasteiger partial charge in [0.05, 0.1) is 36.9 Å². The smallest absolute Gasteiger partial charge is 0.254 e. The molecule has 168 valence electrons. The van der Waals surface area contributed by atoms with Gasteiger partial charge in [0, 0.05) is 18.2 Å². The summed E-state index contributed by atoms with van der Waals surface area (Å²) in [5, 5.41) is 3.36. The van der Waals surface area contributed by atoms with Crippen molar-refractivity contribution in [1.29, 1.82) is 0 Å². The average Bonchev–Trinajstić information content (AvgIpc) is 2.84. The molecule has 2 atom stereocenters. The van der Waals surface area contributed by atoms with Gasteiger partial charge in [0.25, 0.3) is 5.91 Å². The number of carbonyl (C=O) groups excluding carboxylic acids is 2. The van der Waals surface area contributed by atoms with Crippen LogP contribution in [0.25, 0.3) is 0 Å². The molecule has 2 aliphatic heterocycles. The molecule has 2 aliphatic rings. The molecule has 0 saturated carbocycles. The molecule has 7 heteroatoms. The number of ether oxygens (including phenoxy) is 2. The number of hydrogen-bond acceptors (Lipinski definition) is 4. The maximum absolute atomic E-state index is 13.9. The number of amides is 2. The third-order valence-corrected chi connectivity index (χ3v) is 6.74. The summed E-state index contributed by atoms with van der Waals surface area (Å²) in [6.07, 6.45) is 0.761. The minimum Gasteiger partial charge on any atom is -0.495 e. The lowest BCUT2D eigenvalue weighted by Crippen LogP contribution is -2.49. The monoisotopic (exact) mass is 462 g/mol. The van der Waals surface area contributed by atoms with Crippen LogP contribution in [-0.2, 0) is 11.2 Å². The number of rotatable bonds is 4. The Hall–Kier alpha value is -3.51. The quantitative estimate of drug-likeness (QED) is 0.602. The molecule has 3 aromatic rings. The molecule has 2 heterocycles. The molecule has 0 aromatic heterocycles. The highest BCUT2D eigenvalue weighted by Crippen LogP contribution is 2.47. The van der Waals surface area contributed by atoms with Crippen LogP contribution in [0.2, 0.25) is 5.02 Å². The highest BCUT2D eigenvalue weighted by molar-refractivity contribution is 6.32. The lowest BCUT2D eigenvalue weighted by molar-refractivity contribution is -0.119. The summed E-state index contributed by atoms with van der Waals surface area (Å²) in [6, 6.07) is 18.2. The van der Waals surface area contributed by atoms with Gasteiger partial charge in [-0.05, 0) is 35.2 Å². The molecule has 6 nitrogen and oxygen atoms in total. The predicted molar refractivity (Wildman–Crippen MR) is 126 cm³/mol. The van der Waals surface area contributed by atoms with E-state index in [1.54, 1.807) is 18.2 Å². The van der Waals surface area contributed by atoms with Gasteiger partial charge in [0.15, 0.2) is 0 Å². The fraction of sp³-hybridized carbons (Fsp3) is 0.231. The first-order valence-electron chi connectivity index (χ1n) is 10.7. The van der Waals surface area contributed by atoms with Gasteiger partial charge in [-0.2, -0.15) is 0 Å². The molecule has 0 spiro atoms. The van der Waals surface area contributed by atoms with Crippen molar-refractivity contribution >= 4 is 29.1 Å². The summed E-state index contributed by atoms with van der Waals surface area (Å²) < 4.78 is 10.7. The zero-order valence-corrected chi connectivity index (χ0v) is 19.1. The van der Waals surface area contributed by atoms with E-state index in [1.807, 2.05) is 41.3 Å². The van der Waals surface area contributed by atoms with Gasteiger partial charge in [0.2, 0.25) is 5.91 Å². The highest BCUT2D eigenvalue weighted by atomic mass is 35.5. The van der Waals surface area contributed by atoms with Crippen molar-refractivity contribution in [3.8, 4) is 11.5 Å². The maximum Gasteiger partial charge on any atom is 0.254 e. The van der Waals surface area contributed by atoms with Crippen LogP contribution in [0.5, 0.6) is 11.5 Å². The molecule has 33 heavy (non-hydrogen) atoms. The Morgan fingerprint density at radius 1 is 1.00 bits per heavy atom. The fourth-order valence-electron chi connectivity index (χ4n) is 4.93. The Morgan fingerprint density at radius 3 is 2.45 bits per heavy atom. The fourth-order valence-corrected chi connectivity index (χ4v) is 5.17. The van der Waals surface area contributed by atoms with E-state index in [0.717, 1.165) is 23.1 Å². The number of carbonyl (C=O) groups is 2. The van der Waals surface area contributed by atoms with Crippen molar-refractivity contribution in [2.45, 2.75) is 18.4 Å². The van der Waals surface area contributed by atoms with Crippen molar-refractivity contribution in [3.05, 3.63) is 87.9 Å². The van der Waals surface area contributed by atoms with Crippen LogP contribution >= 0.6 is 11.6 Å². The highest BCUT2D eigenvalue weighted by Gasteiger charge is 2.46. The standard InChI is InChI=1S/C26H23ClN2O4/c1-32-21-14-22(33-2)20(13-19(21)27)28-25(30)23-17-9-5-6-10-18(17)26(31)29-12-11-15-7-3-4-8-16(15)24(23)29/h3-10,13-14,23-24H,11-12H2,1-2H3,(H,28,30)/t23-,24-/m0/s1. The summed E-state index contributed by atoms with van der Waals surface area (Å²) in [4.78, 5) is 29.0. The van der Waals surface area contributed by atoms with Gasteiger partial charge in [-0.25, -0.2) is 0 Å². The first-order chi connectivity index (χ1) is 16.0. The second-order valence-corrected chi connectivity index (χ2v) is 8.54. The van der Waals surface area contributed by atoms with Gasteiger partial charge in [0.1, 0.15) is 11.5 Å². The summed E-state index contributed by atoms with van der Waals surface area (Å²) in [5.74, 6) is 0.0181. The first-order valence-corrected chi connectivity index (χ1v) is 11.1. The minimum absolute atomic E-state index is 0.0424. The van der Waals surface area contributed by atoms with Crippen LogP contribution in [-0.4, -0.2) is 37.5 Å². The van der Waals surface area contributed by atoms with Crippen LogP contribution in [0.1, 0.15) is 39.0 Å². The van der Waals surface area contributed by atoms with Crippen LogP contribution < -0.4 is 14.8 Å². The number of nitrogens with zero attached hydrogens (tertiary/aromatic N) is 1. The largest absolute Gasteiger partial charge is 0.495 e. The van der Waals surface area contributed by atoms with E-state index in [2.05, 4.69) is 11.4 Å². The second kappa shape index (κ2) is 8.45. The normalized spacial score (nSPS) is 18.6. The predicted octanol–water partition coefficient (Wildman–Crippen LogP) is 4.83. The molecule has 0 radical (unpaired) electrons. The molecular formula is C26H23ClN2O4. The maximum atomic E-state index is 13.9. The second-order valence-electron chi connectivity index (χ2n) is 8.13. The van der Waals surface area contributed by atoms with Gasteiger partial charge >= 0.3 is 0 Å². The van der Waals surface area contributed by atoms with Gasteiger partial charge in [-0.1, -0.05) is 54.1 Å². The molecule has 3 aromatic carbocycles. The topological polar surface area (TPSA) is 67.9 Å². The van der Waals surface area contributed by atoms with Crippen molar-refractivity contribution < 1.29 is 19.1 Å². The Kier molecular flexibility index (Phi) is 5.46. The number of halogens is 1. The molecule has 0 bridgehead atoms. The van der Waals surface area contributed by atoms with E-state index >= 15 is 0 Å². The van der Waals surface area contributed by atoms with Gasteiger partial charge in [-0.3, -0.25) is 9.59 Å². The SMILES string of the molecule is COc1cc(OC)c(NC(=O)[C@H]2c3ccccc3C(=O)N3CCc4ccccc4[C@@H]23)cc1Cl. The van der Waals surface area contributed by atoms with Crippen LogP contribution in [0.3, 0.4) is 0 Å². The molecule has 0 aliphatic carbocycles. The van der Waals surface area contributed by atoms with Crippen molar-refractivity contribution in [1.82, 2.24) is 4.90 Å². The number of methoxy groups -OCH3 is 2. The first kappa shape index (κ1) is 21.3. The minimum atomic E-state index is -0.592. The molecule has 0 fully saturated rings. The lowest BCUT2D eigenvalue weighted by atomic mass is 9.76. The Bertz CT molecular complexity index is 1260. The van der Waals surface area contributed by atoms with Crippen molar-refractivity contribution in [3.63, 3.8) is 0 Å². The summed E-state index contributed by atoms with van der Waals surface area (Å²) in [6.45, 7) is 0.566. The molecular weight excluding hydrogens is 440 g/mol. The molecule has 2 amide bonds. The Balaban J connectivity index is 1.61. The Morgan fingerprint density at radius 2 is 1.70 bits per heavy atom. The molecule has 0 saturated heterocycles. The zero-order valence-electron chi connectivity index (χ0n) is 18.3. The van der Waals surface area contributed by atoms with Crippen molar-refractivity contribution in [2.75, 3.05) is 26.1 Å². The van der Waals surface area contributed by atoms with Crippen LogP contribution in [0, 0.1) is 0 Å². The number of anilines is 1. The van der Waals surface area contributed by atoms with E-state index < -0.39 is 12.0 Å². The average molecular weight is 463 g/mol. The molecule has 1 N–H and O–H groups in total. The van der Waals surface area contributed by atoms with E-state index in [9.17, 15) is 9.59 Å². The molecule has 5 rings (SSSR count). The van der Waals surface area contributed by atoms with Gasteiger partial charge < -0.3 is 19.7 Å². The van der Waals surface area contributed by atoms with Gasteiger partial charge in [-0.15, -0.1) is 0 Å². The van der Waals surface area contributed by atoms with Crippen molar-refractivity contribution in [2.24, 2.45) is 0 Å². The molecule has 0 unspecified atom stereocenters. The number of nitrogens with one attached hydrogen (secondary N) is 1. The number of benzene rings is 3. The number of fused-ring (bicyclic) bond motifs is 4. The lowest BCUT2D eigenvalue weighted by Gasteiger charge is -2.45. The van der Waals surface area contributed by atoms with E-state index in [0.29, 0.717) is 34.3 Å². The third-order valence-electron chi connectivity index (χ3n) is 6.45. The summed E-state index contributed by atoms with van der Waals surface area (Å²) in [7, 11) is 3.04. The van der Waals surface area contributed by atoms with E-state index in [4.69, 9.17) is 21.1 Å². The zero-order chi connectivity index (χ0) is 23.1. The summed E-state index contributed by atoms with van der Waals surface area (Å²) in [5.41, 5.74) is 3.89.